The Hall–Kier alpha value is -3.57. The van der Waals surface area contributed by atoms with Crippen molar-refractivity contribution in [2.24, 2.45) is 0 Å². The molecule has 0 aliphatic rings. The number of nitriles is 1. The van der Waals surface area contributed by atoms with Gasteiger partial charge in [0.05, 0.1) is 16.8 Å². The molecular formula is C19H14N6OS. The first-order chi connectivity index (χ1) is 13.2. The van der Waals surface area contributed by atoms with E-state index in [-0.39, 0.29) is 17.1 Å². The standard InChI is InChI=1S/C19H14N6OS/c20-10-13(18-21-14-8-4-5-9-15(14)22-18)16(26)11-27-19-23-17(24-25-19)12-6-2-1-3-7-12/h1-9,26H,11H2,(H,21,22)(H,23,24,25). The number of aromatic nitrogens is 5. The molecule has 0 bridgehead atoms. The molecule has 0 amide bonds. The molecule has 2 aromatic heterocycles. The Bertz CT molecular complexity index is 1120. The molecule has 2 heterocycles. The minimum absolute atomic E-state index is 0.0763. The number of rotatable bonds is 5. The lowest BCUT2D eigenvalue weighted by Crippen LogP contribution is -1.95. The average molecular weight is 374 g/mol. The van der Waals surface area contributed by atoms with Crippen LogP contribution in [0.1, 0.15) is 5.82 Å². The molecule has 0 spiro atoms. The molecule has 7 nitrogen and oxygen atoms in total. The van der Waals surface area contributed by atoms with Gasteiger partial charge in [-0.1, -0.05) is 54.2 Å². The van der Waals surface area contributed by atoms with Gasteiger partial charge in [0.1, 0.15) is 17.4 Å². The first-order valence-electron chi connectivity index (χ1n) is 8.12. The van der Waals surface area contributed by atoms with Crippen LogP contribution in [0.3, 0.4) is 0 Å². The third-order valence-electron chi connectivity index (χ3n) is 3.88. The van der Waals surface area contributed by atoms with E-state index in [1.807, 2.05) is 60.7 Å². The second kappa shape index (κ2) is 7.35. The number of imidazole rings is 1. The Morgan fingerprint density at radius 2 is 1.85 bits per heavy atom. The molecule has 8 heteroatoms. The number of allylic oxidation sites excluding steroid dienone is 1. The lowest BCUT2D eigenvalue weighted by atomic mass is 10.2. The summed E-state index contributed by atoms with van der Waals surface area (Å²) in [5.74, 6) is 1.08. The number of aliphatic hydroxyl groups is 1. The van der Waals surface area contributed by atoms with E-state index in [0.717, 1.165) is 16.6 Å². The number of hydrogen-bond donors (Lipinski definition) is 3. The van der Waals surface area contributed by atoms with Gasteiger partial charge in [-0.05, 0) is 12.1 Å². The van der Waals surface area contributed by atoms with Crippen molar-refractivity contribution in [3.8, 4) is 17.5 Å². The summed E-state index contributed by atoms with van der Waals surface area (Å²) in [5, 5.41) is 27.3. The molecular weight excluding hydrogens is 360 g/mol. The van der Waals surface area contributed by atoms with Gasteiger partial charge in [-0.3, -0.25) is 5.10 Å². The van der Waals surface area contributed by atoms with Crippen LogP contribution in [0.4, 0.5) is 0 Å². The summed E-state index contributed by atoms with van der Waals surface area (Å²) in [5.41, 5.74) is 2.58. The first-order valence-corrected chi connectivity index (χ1v) is 9.11. The number of fused-ring (bicyclic) bond motifs is 1. The second-order valence-electron chi connectivity index (χ2n) is 5.66. The van der Waals surface area contributed by atoms with Gasteiger partial charge >= 0.3 is 0 Å². The average Bonchev–Trinajstić information content (AvgIpc) is 3.34. The number of benzene rings is 2. The Balaban J connectivity index is 1.53. The van der Waals surface area contributed by atoms with E-state index < -0.39 is 0 Å². The third kappa shape index (κ3) is 3.54. The quantitative estimate of drug-likeness (QED) is 0.277. The molecule has 0 atom stereocenters. The summed E-state index contributed by atoms with van der Waals surface area (Å²) in [6.07, 6.45) is 0. The fraction of sp³-hybridized carbons (Fsp3) is 0.0526. The lowest BCUT2D eigenvalue weighted by molar-refractivity contribution is 0.420. The summed E-state index contributed by atoms with van der Waals surface area (Å²) < 4.78 is 0. The van der Waals surface area contributed by atoms with Gasteiger partial charge in [-0.25, -0.2) is 9.97 Å². The first kappa shape index (κ1) is 16.9. The highest BCUT2D eigenvalue weighted by molar-refractivity contribution is 7.99. The van der Waals surface area contributed by atoms with E-state index in [4.69, 9.17) is 0 Å². The van der Waals surface area contributed by atoms with Gasteiger partial charge < -0.3 is 10.1 Å². The van der Waals surface area contributed by atoms with Crippen molar-refractivity contribution < 1.29 is 5.11 Å². The zero-order valence-electron chi connectivity index (χ0n) is 14.0. The molecule has 27 heavy (non-hydrogen) atoms. The molecule has 0 unspecified atom stereocenters. The third-order valence-corrected chi connectivity index (χ3v) is 4.74. The molecule has 3 N–H and O–H groups in total. The minimum Gasteiger partial charge on any atom is -0.510 e. The maximum absolute atomic E-state index is 10.4. The minimum atomic E-state index is -0.0763. The fourth-order valence-corrected chi connectivity index (χ4v) is 3.24. The molecule has 4 rings (SSSR count). The van der Waals surface area contributed by atoms with Gasteiger partial charge in [0.25, 0.3) is 0 Å². The van der Waals surface area contributed by atoms with E-state index in [9.17, 15) is 10.4 Å². The van der Waals surface area contributed by atoms with Crippen LogP contribution in [0, 0.1) is 11.3 Å². The molecule has 132 valence electrons. The summed E-state index contributed by atoms with van der Waals surface area (Å²) in [6, 6.07) is 19.1. The lowest BCUT2D eigenvalue weighted by Gasteiger charge is -2.00. The van der Waals surface area contributed by atoms with Gasteiger partial charge in [-0.15, -0.1) is 5.10 Å². The van der Waals surface area contributed by atoms with Crippen LogP contribution in [0.15, 0.2) is 65.5 Å². The summed E-state index contributed by atoms with van der Waals surface area (Å²) in [6.45, 7) is 0. The van der Waals surface area contributed by atoms with Crippen molar-refractivity contribution in [3.05, 3.63) is 66.2 Å². The molecule has 4 aromatic rings. The SMILES string of the molecule is N#CC(=C(O)CSc1n[nH]c(-c2ccccc2)n1)c1nc2ccccc2[nH]1. The van der Waals surface area contributed by atoms with Gasteiger partial charge in [0, 0.05) is 5.56 Å². The van der Waals surface area contributed by atoms with Crippen LogP contribution < -0.4 is 0 Å². The van der Waals surface area contributed by atoms with Crippen LogP contribution in [0.5, 0.6) is 0 Å². The monoisotopic (exact) mass is 374 g/mol. The topological polar surface area (TPSA) is 114 Å². The number of nitrogens with zero attached hydrogens (tertiary/aromatic N) is 4. The maximum atomic E-state index is 10.4. The molecule has 0 fully saturated rings. The highest BCUT2D eigenvalue weighted by atomic mass is 32.2. The summed E-state index contributed by atoms with van der Waals surface area (Å²) in [4.78, 5) is 11.8. The summed E-state index contributed by atoms with van der Waals surface area (Å²) in [7, 11) is 0. The zero-order chi connectivity index (χ0) is 18.6. The zero-order valence-corrected chi connectivity index (χ0v) is 14.9. The van der Waals surface area contributed by atoms with Crippen molar-refractivity contribution in [2.45, 2.75) is 5.16 Å². The number of aliphatic hydroxyl groups excluding tert-OH is 1. The maximum Gasteiger partial charge on any atom is 0.209 e. The van der Waals surface area contributed by atoms with E-state index in [0.29, 0.717) is 16.8 Å². The van der Waals surface area contributed by atoms with E-state index >= 15 is 0 Å². The number of nitrogens with one attached hydrogen (secondary N) is 2. The highest BCUT2D eigenvalue weighted by Crippen LogP contribution is 2.24. The van der Waals surface area contributed by atoms with Crippen LogP contribution in [0.2, 0.25) is 0 Å². The molecule has 0 aliphatic heterocycles. The highest BCUT2D eigenvalue weighted by Gasteiger charge is 2.14. The Morgan fingerprint density at radius 3 is 2.63 bits per heavy atom. The normalized spacial score (nSPS) is 12.0. The largest absolute Gasteiger partial charge is 0.510 e. The predicted octanol–water partition coefficient (Wildman–Crippen LogP) is 3.93. The van der Waals surface area contributed by atoms with Crippen molar-refractivity contribution in [1.82, 2.24) is 25.1 Å². The predicted molar refractivity (Wildman–Crippen MR) is 104 cm³/mol. The fourth-order valence-electron chi connectivity index (χ4n) is 2.57. The number of H-pyrrole nitrogens is 2. The van der Waals surface area contributed by atoms with E-state index in [2.05, 4.69) is 25.1 Å². The molecule has 0 saturated carbocycles. The van der Waals surface area contributed by atoms with Crippen LogP contribution in [-0.2, 0) is 0 Å². The number of thioether (sulfide) groups is 1. The van der Waals surface area contributed by atoms with Crippen molar-refractivity contribution in [1.29, 1.82) is 5.26 Å². The van der Waals surface area contributed by atoms with Crippen molar-refractivity contribution >= 4 is 28.4 Å². The number of hydrogen-bond acceptors (Lipinski definition) is 6. The van der Waals surface area contributed by atoms with E-state index in [1.165, 1.54) is 11.8 Å². The van der Waals surface area contributed by atoms with Crippen LogP contribution >= 0.6 is 11.8 Å². The van der Waals surface area contributed by atoms with Gasteiger partial charge in [0.15, 0.2) is 11.6 Å². The molecule has 0 aliphatic carbocycles. The number of para-hydroxylation sites is 2. The molecule has 0 radical (unpaired) electrons. The van der Waals surface area contributed by atoms with Gasteiger partial charge in [-0.2, -0.15) is 5.26 Å². The number of aromatic amines is 2. The molecule has 2 aromatic carbocycles. The van der Waals surface area contributed by atoms with Gasteiger partial charge in [0.2, 0.25) is 5.16 Å². The van der Waals surface area contributed by atoms with Crippen LogP contribution in [0.25, 0.3) is 28.0 Å². The second-order valence-corrected chi connectivity index (χ2v) is 6.60. The smallest absolute Gasteiger partial charge is 0.209 e. The Labute approximate surface area is 158 Å². The Kier molecular flexibility index (Phi) is 4.60. The van der Waals surface area contributed by atoms with Crippen molar-refractivity contribution in [2.75, 3.05) is 5.75 Å². The van der Waals surface area contributed by atoms with Crippen LogP contribution in [-0.4, -0.2) is 36.0 Å². The summed E-state index contributed by atoms with van der Waals surface area (Å²) >= 11 is 1.24. The van der Waals surface area contributed by atoms with E-state index in [1.54, 1.807) is 0 Å². The van der Waals surface area contributed by atoms with Crippen molar-refractivity contribution in [3.63, 3.8) is 0 Å². The molecule has 0 saturated heterocycles. The Morgan fingerprint density at radius 1 is 1.07 bits per heavy atom.